The zero-order valence-electron chi connectivity index (χ0n) is 19.5. The number of benzene rings is 1. The van der Waals surface area contributed by atoms with Crippen LogP contribution in [-0.4, -0.2) is 63.4 Å². The van der Waals surface area contributed by atoms with Crippen molar-refractivity contribution in [3.8, 4) is 11.3 Å². The first-order chi connectivity index (χ1) is 17.6. The van der Waals surface area contributed by atoms with Crippen molar-refractivity contribution in [2.24, 2.45) is 0 Å². The third-order valence-electron chi connectivity index (χ3n) is 5.76. The van der Waals surface area contributed by atoms with Crippen molar-refractivity contribution < 1.29 is 14.6 Å². The molecule has 0 unspecified atom stereocenters. The molecule has 1 aliphatic rings. The van der Waals surface area contributed by atoms with E-state index in [1.54, 1.807) is 24.7 Å². The van der Waals surface area contributed by atoms with Crippen molar-refractivity contribution in [3.05, 3.63) is 73.7 Å². The highest BCUT2D eigenvalue weighted by Crippen LogP contribution is 2.28. The van der Waals surface area contributed by atoms with E-state index in [9.17, 15) is 9.90 Å². The van der Waals surface area contributed by atoms with Crippen LogP contribution in [0.5, 0.6) is 0 Å². The van der Waals surface area contributed by atoms with E-state index in [1.165, 1.54) is 6.08 Å². The third-order valence-corrected chi connectivity index (χ3v) is 5.76. The van der Waals surface area contributed by atoms with Gasteiger partial charge in [0.2, 0.25) is 11.9 Å². The molecule has 1 amide bonds. The number of carbonyl (C=O) groups excluding carboxylic acids is 1. The molecule has 1 fully saturated rings. The zero-order valence-corrected chi connectivity index (χ0v) is 19.5. The fourth-order valence-electron chi connectivity index (χ4n) is 3.98. The molecule has 3 N–H and O–H groups in total. The second-order valence-electron chi connectivity index (χ2n) is 8.22. The summed E-state index contributed by atoms with van der Waals surface area (Å²) in [6.07, 6.45) is 6.19. The average molecular weight is 484 g/mol. The van der Waals surface area contributed by atoms with E-state index in [-0.39, 0.29) is 18.6 Å². The SMILES string of the molecule is C=CC(=O)Nc1cccc(-c2nccc3cnc(Nc4ccc(N5CCO[C@@H](CO)C5)nc4)nc23)c1. The van der Waals surface area contributed by atoms with Crippen LogP contribution in [0, 0.1) is 0 Å². The van der Waals surface area contributed by atoms with Gasteiger partial charge in [0.1, 0.15) is 11.3 Å². The van der Waals surface area contributed by atoms with Gasteiger partial charge in [0.15, 0.2) is 0 Å². The molecule has 4 aromatic rings. The molecule has 1 aromatic carbocycles. The van der Waals surface area contributed by atoms with E-state index < -0.39 is 0 Å². The number of ether oxygens (including phenoxy) is 1. The number of aliphatic hydroxyl groups excluding tert-OH is 1. The number of pyridine rings is 2. The van der Waals surface area contributed by atoms with Crippen LogP contribution in [-0.2, 0) is 9.53 Å². The summed E-state index contributed by atoms with van der Waals surface area (Å²) in [5.74, 6) is 0.944. The normalized spacial score (nSPS) is 15.5. The van der Waals surface area contributed by atoms with Gasteiger partial charge in [-0.15, -0.1) is 0 Å². The van der Waals surface area contributed by atoms with Gasteiger partial charge in [-0.25, -0.2) is 15.0 Å². The quantitative estimate of drug-likeness (QED) is 0.340. The lowest BCUT2D eigenvalue weighted by atomic mass is 10.1. The van der Waals surface area contributed by atoms with Gasteiger partial charge >= 0.3 is 0 Å². The summed E-state index contributed by atoms with van der Waals surface area (Å²) < 4.78 is 5.51. The molecule has 1 saturated heterocycles. The van der Waals surface area contributed by atoms with E-state index in [2.05, 4.69) is 37.1 Å². The lowest BCUT2D eigenvalue weighted by Gasteiger charge is -2.32. The van der Waals surface area contributed by atoms with Gasteiger partial charge in [-0.2, -0.15) is 0 Å². The highest BCUT2D eigenvalue weighted by Gasteiger charge is 2.20. The number of carbonyl (C=O) groups is 1. The Hall–Kier alpha value is -4.41. The van der Waals surface area contributed by atoms with Gasteiger partial charge in [0.25, 0.3) is 0 Å². The topological polar surface area (TPSA) is 125 Å². The Labute approximate surface area is 207 Å². The molecule has 0 aliphatic carbocycles. The molecule has 10 nitrogen and oxygen atoms in total. The number of rotatable bonds is 7. The molecule has 182 valence electrons. The molecule has 5 rings (SSSR count). The minimum absolute atomic E-state index is 0.0138. The Bertz CT molecular complexity index is 1390. The van der Waals surface area contributed by atoms with E-state index >= 15 is 0 Å². The predicted molar refractivity (Wildman–Crippen MR) is 138 cm³/mol. The smallest absolute Gasteiger partial charge is 0.247 e. The van der Waals surface area contributed by atoms with Crippen LogP contribution < -0.4 is 15.5 Å². The standard InChI is InChI=1S/C26H25N7O3/c1-2-23(35)30-19-5-3-4-17(12-19)24-25-18(8-9-27-24)13-29-26(32-25)31-20-6-7-22(28-14-20)33-10-11-36-21(15-33)16-34/h2-9,12-14,21,34H,1,10-11,15-16H2,(H,30,35)(H,29,31,32)/t21-/m1/s1. The first-order valence-corrected chi connectivity index (χ1v) is 11.5. The van der Waals surface area contributed by atoms with Crippen molar-refractivity contribution >= 4 is 40.0 Å². The highest BCUT2D eigenvalue weighted by atomic mass is 16.5. The average Bonchev–Trinajstić information content (AvgIpc) is 2.93. The summed E-state index contributed by atoms with van der Waals surface area (Å²) in [7, 11) is 0. The number of anilines is 4. The van der Waals surface area contributed by atoms with Gasteiger partial charge in [0, 0.05) is 42.1 Å². The van der Waals surface area contributed by atoms with Crippen LogP contribution in [0.3, 0.4) is 0 Å². The molecule has 0 saturated carbocycles. The minimum Gasteiger partial charge on any atom is -0.394 e. The fraction of sp³-hybridized carbons (Fsp3) is 0.192. The molecule has 1 aliphatic heterocycles. The molecule has 36 heavy (non-hydrogen) atoms. The van der Waals surface area contributed by atoms with Gasteiger partial charge in [-0.3, -0.25) is 9.78 Å². The van der Waals surface area contributed by atoms with Crippen LogP contribution in [0.2, 0.25) is 0 Å². The summed E-state index contributed by atoms with van der Waals surface area (Å²) >= 11 is 0. The maximum absolute atomic E-state index is 11.7. The maximum atomic E-state index is 11.7. The summed E-state index contributed by atoms with van der Waals surface area (Å²) in [6.45, 7) is 5.34. The Balaban J connectivity index is 1.38. The van der Waals surface area contributed by atoms with Crippen molar-refractivity contribution in [2.45, 2.75) is 6.10 Å². The highest BCUT2D eigenvalue weighted by molar-refractivity contribution is 5.99. The van der Waals surface area contributed by atoms with Crippen molar-refractivity contribution in [2.75, 3.05) is 41.8 Å². The monoisotopic (exact) mass is 483 g/mol. The lowest BCUT2D eigenvalue weighted by Crippen LogP contribution is -2.44. The fourth-order valence-corrected chi connectivity index (χ4v) is 3.98. The zero-order chi connectivity index (χ0) is 24.9. The summed E-state index contributed by atoms with van der Waals surface area (Å²) in [4.78, 5) is 32.0. The van der Waals surface area contributed by atoms with Crippen LogP contribution in [0.4, 0.5) is 23.1 Å². The van der Waals surface area contributed by atoms with Crippen LogP contribution >= 0.6 is 0 Å². The van der Waals surface area contributed by atoms with Crippen LogP contribution in [0.1, 0.15) is 0 Å². The number of morpholine rings is 1. The Morgan fingerprint density at radius 3 is 2.89 bits per heavy atom. The number of nitrogens with one attached hydrogen (secondary N) is 2. The van der Waals surface area contributed by atoms with E-state index in [0.717, 1.165) is 29.0 Å². The van der Waals surface area contributed by atoms with E-state index in [0.29, 0.717) is 36.0 Å². The van der Waals surface area contributed by atoms with Crippen LogP contribution in [0.25, 0.3) is 22.2 Å². The summed E-state index contributed by atoms with van der Waals surface area (Å²) in [6, 6.07) is 13.1. The number of aliphatic hydroxyl groups is 1. The number of hydrogen-bond acceptors (Lipinski definition) is 9. The van der Waals surface area contributed by atoms with E-state index in [4.69, 9.17) is 9.72 Å². The second kappa shape index (κ2) is 10.5. The molecule has 1 atom stereocenters. The number of amides is 1. The Morgan fingerprint density at radius 1 is 1.17 bits per heavy atom. The van der Waals surface area contributed by atoms with Gasteiger partial charge in [-0.1, -0.05) is 18.7 Å². The first kappa shape index (κ1) is 23.3. The Morgan fingerprint density at radius 2 is 2.08 bits per heavy atom. The van der Waals surface area contributed by atoms with Crippen molar-refractivity contribution in [1.29, 1.82) is 0 Å². The van der Waals surface area contributed by atoms with Gasteiger partial charge in [-0.05, 0) is 36.4 Å². The molecular formula is C26H25N7O3. The molecular weight excluding hydrogens is 458 g/mol. The molecule has 0 spiro atoms. The summed E-state index contributed by atoms with van der Waals surface area (Å²) in [5.41, 5.74) is 3.54. The largest absolute Gasteiger partial charge is 0.394 e. The summed E-state index contributed by atoms with van der Waals surface area (Å²) in [5, 5.41) is 16.2. The number of fused-ring (bicyclic) bond motifs is 1. The number of hydrogen-bond donors (Lipinski definition) is 3. The van der Waals surface area contributed by atoms with Gasteiger partial charge in [0.05, 0.1) is 36.9 Å². The number of nitrogens with zero attached hydrogens (tertiary/aromatic N) is 5. The molecule has 0 bridgehead atoms. The third kappa shape index (κ3) is 5.14. The molecule has 4 heterocycles. The first-order valence-electron chi connectivity index (χ1n) is 11.5. The Kier molecular flexibility index (Phi) is 6.78. The van der Waals surface area contributed by atoms with Crippen molar-refractivity contribution in [3.63, 3.8) is 0 Å². The minimum atomic E-state index is -0.284. The molecule has 0 radical (unpaired) electrons. The molecule has 10 heteroatoms. The number of aromatic nitrogens is 4. The van der Waals surface area contributed by atoms with Crippen molar-refractivity contribution in [1.82, 2.24) is 19.9 Å². The van der Waals surface area contributed by atoms with Crippen LogP contribution in [0.15, 0.2) is 73.7 Å². The van der Waals surface area contributed by atoms with E-state index in [1.807, 2.05) is 36.4 Å². The predicted octanol–water partition coefficient (Wildman–Crippen LogP) is 3.15. The second-order valence-corrected chi connectivity index (χ2v) is 8.22. The maximum Gasteiger partial charge on any atom is 0.247 e. The molecule has 3 aromatic heterocycles. The van der Waals surface area contributed by atoms with Gasteiger partial charge < -0.3 is 25.4 Å². The lowest BCUT2D eigenvalue weighted by molar-refractivity contribution is -0.111.